The lowest BCUT2D eigenvalue weighted by Crippen LogP contribution is -2.36. The van der Waals surface area contributed by atoms with E-state index in [0.29, 0.717) is 5.91 Å². The molecule has 17 heavy (non-hydrogen) atoms. The first-order valence-corrected chi connectivity index (χ1v) is 7.25. The van der Waals surface area contributed by atoms with Crippen molar-refractivity contribution in [2.45, 2.75) is 39.5 Å². The SMILES string of the molecule is CCCCC(CC)C(=O)N1C[C@H]2CNC[C@H]2C1. The van der Waals surface area contributed by atoms with Gasteiger partial charge < -0.3 is 10.2 Å². The molecule has 0 bridgehead atoms. The third kappa shape index (κ3) is 2.82. The predicted molar refractivity (Wildman–Crippen MR) is 69.7 cm³/mol. The molecular formula is C14H26N2O. The minimum Gasteiger partial charge on any atom is -0.342 e. The maximum atomic E-state index is 12.4. The van der Waals surface area contributed by atoms with Crippen LogP contribution in [0.1, 0.15) is 39.5 Å². The molecule has 2 aliphatic rings. The van der Waals surface area contributed by atoms with Crippen molar-refractivity contribution in [3.05, 3.63) is 0 Å². The van der Waals surface area contributed by atoms with Crippen LogP contribution in [0.4, 0.5) is 0 Å². The molecule has 1 N–H and O–H groups in total. The Bertz CT molecular complexity index is 255. The summed E-state index contributed by atoms with van der Waals surface area (Å²) in [6.07, 6.45) is 4.46. The van der Waals surface area contributed by atoms with Crippen molar-refractivity contribution in [2.24, 2.45) is 17.8 Å². The highest BCUT2D eigenvalue weighted by atomic mass is 16.2. The zero-order chi connectivity index (χ0) is 12.3. The molecule has 1 amide bonds. The van der Waals surface area contributed by atoms with E-state index >= 15 is 0 Å². The molecule has 2 rings (SSSR count). The Balaban J connectivity index is 1.86. The topological polar surface area (TPSA) is 32.3 Å². The van der Waals surface area contributed by atoms with Crippen molar-refractivity contribution >= 4 is 5.91 Å². The molecule has 3 heteroatoms. The summed E-state index contributed by atoms with van der Waals surface area (Å²) in [6, 6.07) is 0. The van der Waals surface area contributed by atoms with Gasteiger partial charge in [0, 0.05) is 32.1 Å². The molecule has 0 aliphatic carbocycles. The maximum absolute atomic E-state index is 12.4. The van der Waals surface area contributed by atoms with E-state index in [1.807, 2.05) is 0 Å². The van der Waals surface area contributed by atoms with E-state index in [-0.39, 0.29) is 5.92 Å². The molecule has 3 nitrogen and oxygen atoms in total. The third-order valence-corrected chi connectivity index (χ3v) is 4.45. The van der Waals surface area contributed by atoms with Crippen molar-refractivity contribution in [3.63, 3.8) is 0 Å². The summed E-state index contributed by atoms with van der Waals surface area (Å²) < 4.78 is 0. The van der Waals surface area contributed by atoms with Crippen molar-refractivity contribution in [2.75, 3.05) is 26.2 Å². The number of rotatable bonds is 5. The molecular weight excluding hydrogens is 212 g/mol. The van der Waals surface area contributed by atoms with Crippen molar-refractivity contribution in [3.8, 4) is 0 Å². The second kappa shape index (κ2) is 5.85. The Labute approximate surface area is 105 Å². The quantitative estimate of drug-likeness (QED) is 0.793. The van der Waals surface area contributed by atoms with Gasteiger partial charge in [0.15, 0.2) is 0 Å². The van der Waals surface area contributed by atoms with Crippen LogP contribution in [0.15, 0.2) is 0 Å². The Morgan fingerprint density at radius 2 is 1.94 bits per heavy atom. The average molecular weight is 238 g/mol. The van der Waals surface area contributed by atoms with Crippen LogP contribution in [0.2, 0.25) is 0 Å². The molecule has 0 aromatic carbocycles. The average Bonchev–Trinajstić information content (AvgIpc) is 2.89. The van der Waals surface area contributed by atoms with Gasteiger partial charge in [0.2, 0.25) is 5.91 Å². The normalized spacial score (nSPS) is 29.4. The summed E-state index contributed by atoms with van der Waals surface area (Å²) in [5.41, 5.74) is 0. The van der Waals surface area contributed by atoms with Gasteiger partial charge in [-0.3, -0.25) is 4.79 Å². The van der Waals surface area contributed by atoms with Crippen LogP contribution in [0.25, 0.3) is 0 Å². The van der Waals surface area contributed by atoms with E-state index in [4.69, 9.17) is 0 Å². The molecule has 2 fully saturated rings. The molecule has 98 valence electrons. The number of carbonyl (C=O) groups is 1. The van der Waals surface area contributed by atoms with Gasteiger partial charge in [-0.2, -0.15) is 0 Å². The molecule has 0 radical (unpaired) electrons. The van der Waals surface area contributed by atoms with Crippen LogP contribution in [0, 0.1) is 17.8 Å². The largest absolute Gasteiger partial charge is 0.342 e. The van der Waals surface area contributed by atoms with E-state index in [1.165, 1.54) is 12.8 Å². The molecule has 1 unspecified atom stereocenters. The van der Waals surface area contributed by atoms with Gasteiger partial charge in [0.05, 0.1) is 0 Å². The highest BCUT2D eigenvalue weighted by Crippen LogP contribution is 2.28. The number of fused-ring (bicyclic) bond motifs is 1. The van der Waals surface area contributed by atoms with Crippen molar-refractivity contribution in [1.82, 2.24) is 10.2 Å². The van der Waals surface area contributed by atoms with E-state index < -0.39 is 0 Å². The summed E-state index contributed by atoms with van der Waals surface area (Å²) in [4.78, 5) is 14.6. The molecule has 3 atom stereocenters. The van der Waals surface area contributed by atoms with Crippen LogP contribution in [0.5, 0.6) is 0 Å². The van der Waals surface area contributed by atoms with Crippen molar-refractivity contribution < 1.29 is 4.79 Å². The Hall–Kier alpha value is -0.570. The zero-order valence-corrected chi connectivity index (χ0v) is 11.2. The first-order valence-electron chi connectivity index (χ1n) is 7.25. The monoisotopic (exact) mass is 238 g/mol. The Morgan fingerprint density at radius 1 is 1.29 bits per heavy atom. The maximum Gasteiger partial charge on any atom is 0.225 e. The van der Waals surface area contributed by atoms with Gasteiger partial charge in [0.1, 0.15) is 0 Å². The number of nitrogens with zero attached hydrogens (tertiary/aromatic N) is 1. The molecule has 2 aliphatic heterocycles. The van der Waals surface area contributed by atoms with E-state index in [9.17, 15) is 4.79 Å². The standard InChI is InChI=1S/C14H26N2O/c1-3-5-6-11(4-2)14(17)16-9-12-7-15-8-13(12)10-16/h11-13,15H,3-10H2,1-2H3/t11?,12-,13+. The number of hydrogen-bond acceptors (Lipinski definition) is 2. The predicted octanol–water partition coefficient (Wildman–Crippen LogP) is 1.88. The van der Waals surface area contributed by atoms with Gasteiger partial charge in [-0.1, -0.05) is 26.7 Å². The third-order valence-electron chi connectivity index (χ3n) is 4.45. The fourth-order valence-corrected chi connectivity index (χ4v) is 3.25. The van der Waals surface area contributed by atoms with Gasteiger partial charge in [0.25, 0.3) is 0 Å². The number of likely N-dealkylation sites (tertiary alicyclic amines) is 1. The highest BCUT2D eigenvalue weighted by molar-refractivity contribution is 5.79. The number of hydrogen-bond donors (Lipinski definition) is 1. The van der Waals surface area contributed by atoms with Crippen LogP contribution >= 0.6 is 0 Å². The van der Waals surface area contributed by atoms with Gasteiger partial charge >= 0.3 is 0 Å². The summed E-state index contributed by atoms with van der Waals surface area (Å²) in [5, 5.41) is 3.42. The number of amides is 1. The van der Waals surface area contributed by atoms with Gasteiger partial charge in [-0.05, 0) is 24.7 Å². The number of nitrogens with one attached hydrogen (secondary N) is 1. The minimum atomic E-state index is 0.279. The van der Waals surface area contributed by atoms with Crippen LogP contribution in [0.3, 0.4) is 0 Å². The van der Waals surface area contributed by atoms with Crippen molar-refractivity contribution in [1.29, 1.82) is 0 Å². The fourth-order valence-electron chi connectivity index (χ4n) is 3.25. The zero-order valence-electron chi connectivity index (χ0n) is 11.2. The molecule has 0 saturated carbocycles. The van der Waals surface area contributed by atoms with Gasteiger partial charge in [-0.25, -0.2) is 0 Å². The lowest BCUT2D eigenvalue weighted by molar-refractivity contribution is -0.135. The Morgan fingerprint density at radius 3 is 2.47 bits per heavy atom. The summed E-state index contributed by atoms with van der Waals surface area (Å²) >= 11 is 0. The second-order valence-electron chi connectivity index (χ2n) is 5.67. The molecule has 0 spiro atoms. The molecule has 2 saturated heterocycles. The van der Waals surface area contributed by atoms with E-state index in [1.54, 1.807) is 0 Å². The van der Waals surface area contributed by atoms with E-state index in [0.717, 1.165) is 50.9 Å². The molecule has 2 heterocycles. The van der Waals surface area contributed by atoms with Crippen LogP contribution in [-0.4, -0.2) is 37.0 Å². The lowest BCUT2D eigenvalue weighted by Gasteiger charge is -2.23. The van der Waals surface area contributed by atoms with E-state index in [2.05, 4.69) is 24.1 Å². The molecule has 0 aromatic heterocycles. The Kier molecular flexibility index (Phi) is 4.43. The van der Waals surface area contributed by atoms with Gasteiger partial charge in [-0.15, -0.1) is 0 Å². The van der Waals surface area contributed by atoms with Crippen LogP contribution in [-0.2, 0) is 4.79 Å². The fraction of sp³-hybridized carbons (Fsp3) is 0.929. The summed E-state index contributed by atoms with van der Waals surface area (Å²) in [7, 11) is 0. The first-order chi connectivity index (χ1) is 8.26. The summed E-state index contributed by atoms with van der Waals surface area (Å²) in [6.45, 7) is 8.57. The molecule has 0 aromatic rings. The number of carbonyl (C=O) groups excluding carboxylic acids is 1. The summed E-state index contributed by atoms with van der Waals surface area (Å²) in [5.74, 6) is 2.15. The minimum absolute atomic E-state index is 0.279. The first kappa shape index (κ1) is 12.9. The highest BCUT2D eigenvalue weighted by Gasteiger charge is 2.39. The van der Waals surface area contributed by atoms with Crippen LogP contribution < -0.4 is 5.32 Å². The lowest BCUT2D eigenvalue weighted by atomic mass is 9.98. The number of unbranched alkanes of at least 4 members (excludes halogenated alkanes) is 1. The smallest absolute Gasteiger partial charge is 0.225 e. The second-order valence-corrected chi connectivity index (χ2v) is 5.67.